The number of urea groups is 1. The molecule has 0 aliphatic carbocycles. The van der Waals surface area contributed by atoms with E-state index in [0.29, 0.717) is 52.4 Å². The Hall–Kier alpha value is -3.49. The molecule has 1 fully saturated rings. The van der Waals surface area contributed by atoms with Gasteiger partial charge in [0.05, 0.1) is 29.6 Å². The molecule has 35 heavy (non-hydrogen) atoms. The lowest BCUT2D eigenvalue weighted by atomic mass is 10.2. The SMILES string of the molecule is COc1ccc(NC(=O)Nc2ccc(N3CCCN(C(=O)c4ccc(Cl)cc4Cl)CC3)nc2)cc1. The molecule has 1 aromatic heterocycles. The van der Waals surface area contributed by atoms with E-state index in [1.165, 1.54) is 0 Å². The van der Waals surface area contributed by atoms with E-state index in [4.69, 9.17) is 27.9 Å². The fourth-order valence-corrected chi connectivity index (χ4v) is 4.29. The van der Waals surface area contributed by atoms with E-state index in [0.717, 1.165) is 18.8 Å². The highest BCUT2D eigenvalue weighted by atomic mass is 35.5. The molecule has 0 radical (unpaired) electrons. The number of amides is 3. The maximum Gasteiger partial charge on any atom is 0.323 e. The lowest BCUT2D eigenvalue weighted by molar-refractivity contribution is 0.0767. The van der Waals surface area contributed by atoms with E-state index in [1.807, 2.05) is 6.07 Å². The number of nitrogens with one attached hydrogen (secondary N) is 2. The summed E-state index contributed by atoms with van der Waals surface area (Å²) in [5.74, 6) is 1.39. The summed E-state index contributed by atoms with van der Waals surface area (Å²) >= 11 is 12.2. The van der Waals surface area contributed by atoms with Crippen molar-refractivity contribution in [3.05, 3.63) is 76.4 Å². The van der Waals surface area contributed by atoms with Crippen LogP contribution in [0.25, 0.3) is 0 Å². The number of carbonyl (C=O) groups is 2. The minimum absolute atomic E-state index is 0.108. The van der Waals surface area contributed by atoms with Gasteiger partial charge in [-0.1, -0.05) is 23.2 Å². The predicted molar refractivity (Wildman–Crippen MR) is 139 cm³/mol. The highest BCUT2D eigenvalue weighted by Gasteiger charge is 2.22. The molecule has 182 valence electrons. The molecule has 1 saturated heterocycles. The van der Waals surface area contributed by atoms with E-state index in [9.17, 15) is 9.59 Å². The third-order valence-corrected chi connectivity index (χ3v) is 6.17. The number of halogens is 2. The molecule has 2 N–H and O–H groups in total. The van der Waals surface area contributed by atoms with Gasteiger partial charge in [0, 0.05) is 36.9 Å². The van der Waals surface area contributed by atoms with Crippen molar-refractivity contribution in [2.75, 3.05) is 48.8 Å². The van der Waals surface area contributed by atoms with Crippen molar-refractivity contribution >= 4 is 52.3 Å². The molecule has 0 unspecified atom stereocenters. The van der Waals surface area contributed by atoms with Gasteiger partial charge in [-0.15, -0.1) is 0 Å². The molecule has 0 saturated carbocycles. The summed E-state index contributed by atoms with van der Waals surface area (Å²) in [6.45, 7) is 2.56. The van der Waals surface area contributed by atoms with Crippen LogP contribution in [-0.4, -0.2) is 55.1 Å². The minimum Gasteiger partial charge on any atom is -0.497 e. The molecular weight excluding hydrogens is 489 g/mol. The Morgan fingerprint density at radius 3 is 2.34 bits per heavy atom. The zero-order valence-corrected chi connectivity index (χ0v) is 20.6. The van der Waals surface area contributed by atoms with Gasteiger partial charge >= 0.3 is 6.03 Å². The summed E-state index contributed by atoms with van der Waals surface area (Å²) in [7, 11) is 1.59. The van der Waals surface area contributed by atoms with Crippen LogP contribution >= 0.6 is 23.2 Å². The quantitative estimate of drug-likeness (QED) is 0.477. The number of nitrogens with zero attached hydrogens (tertiary/aromatic N) is 3. The number of pyridine rings is 1. The summed E-state index contributed by atoms with van der Waals surface area (Å²) in [6.07, 6.45) is 2.41. The first kappa shape index (κ1) is 24.6. The number of anilines is 3. The van der Waals surface area contributed by atoms with Crippen molar-refractivity contribution in [2.45, 2.75) is 6.42 Å². The zero-order chi connectivity index (χ0) is 24.8. The molecule has 0 atom stereocenters. The summed E-state index contributed by atoms with van der Waals surface area (Å²) in [5, 5.41) is 6.39. The standard InChI is InChI=1S/C25H25Cl2N5O3/c1-35-20-7-4-18(5-8-20)29-25(34)30-19-6-10-23(28-16-19)31-11-2-12-32(14-13-31)24(33)21-9-3-17(26)15-22(21)27/h3-10,15-16H,2,11-14H2,1H3,(H2,29,30,34). The molecule has 1 aliphatic heterocycles. The largest absolute Gasteiger partial charge is 0.497 e. The van der Waals surface area contributed by atoms with Gasteiger partial charge in [-0.25, -0.2) is 9.78 Å². The Kier molecular flexibility index (Phi) is 7.94. The minimum atomic E-state index is -0.366. The number of hydrogen-bond donors (Lipinski definition) is 2. The second-order valence-corrected chi connectivity index (χ2v) is 8.81. The molecule has 2 heterocycles. The van der Waals surface area contributed by atoms with E-state index >= 15 is 0 Å². The van der Waals surface area contributed by atoms with Crippen LogP contribution in [0.1, 0.15) is 16.8 Å². The van der Waals surface area contributed by atoms with Gasteiger partial charge in [0.15, 0.2) is 0 Å². The van der Waals surface area contributed by atoms with Crippen molar-refractivity contribution in [1.29, 1.82) is 0 Å². The highest BCUT2D eigenvalue weighted by Crippen LogP contribution is 2.24. The van der Waals surface area contributed by atoms with Gasteiger partial charge < -0.3 is 25.2 Å². The van der Waals surface area contributed by atoms with Crippen LogP contribution in [0.2, 0.25) is 10.0 Å². The summed E-state index contributed by atoms with van der Waals surface area (Å²) in [4.78, 5) is 33.7. The molecule has 4 rings (SSSR count). The molecule has 0 bridgehead atoms. The Morgan fingerprint density at radius 1 is 0.914 bits per heavy atom. The van der Waals surface area contributed by atoms with E-state index in [1.54, 1.807) is 66.7 Å². The third kappa shape index (κ3) is 6.35. The fourth-order valence-electron chi connectivity index (χ4n) is 3.80. The van der Waals surface area contributed by atoms with E-state index in [-0.39, 0.29) is 11.9 Å². The number of ether oxygens (including phenoxy) is 1. The predicted octanol–water partition coefficient (Wildman–Crippen LogP) is 5.39. The number of benzene rings is 2. The lowest BCUT2D eigenvalue weighted by Crippen LogP contribution is -2.35. The van der Waals surface area contributed by atoms with E-state index < -0.39 is 0 Å². The summed E-state index contributed by atoms with van der Waals surface area (Å²) in [5.41, 5.74) is 1.67. The van der Waals surface area contributed by atoms with Gasteiger partial charge in [-0.2, -0.15) is 0 Å². The lowest BCUT2D eigenvalue weighted by Gasteiger charge is -2.23. The zero-order valence-electron chi connectivity index (χ0n) is 19.1. The van der Waals surface area contributed by atoms with Crippen LogP contribution in [0.4, 0.5) is 22.0 Å². The Balaban J connectivity index is 1.32. The van der Waals surface area contributed by atoms with Crippen LogP contribution < -0.4 is 20.3 Å². The normalized spacial score (nSPS) is 13.7. The van der Waals surface area contributed by atoms with Crippen molar-refractivity contribution in [3.8, 4) is 5.75 Å². The van der Waals surface area contributed by atoms with Crippen LogP contribution in [0.5, 0.6) is 5.75 Å². The van der Waals surface area contributed by atoms with Crippen LogP contribution in [0, 0.1) is 0 Å². The maximum atomic E-state index is 13.0. The Morgan fingerprint density at radius 2 is 1.66 bits per heavy atom. The van der Waals surface area contributed by atoms with Crippen LogP contribution in [-0.2, 0) is 0 Å². The van der Waals surface area contributed by atoms with Gasteiger partial charge in [-0.3, -0.25) is 4.79 Å². The topological polar surface area (TPSA) is 86.8 Å². The number of methoxy groups -OCH3 is 1. The molecule has 2 aromatic carbocycles. The van der Waals surface area contributed by atoms with Gasteiger partial charge in [0.25, 0.3) is 5.91 Å². The first-order valence-corrected chi connectivity index (χ1v) is 11.9. The summed E-state index contributed by atoms with van der Waals surface area (Å²) < 4.78 is 5.12. The number of carbonyl (C=O) groups excluding carboxylic acids is 2. The van der Waals surface area contributed by atoms with Crippen molar-refractivity contribution in [2.24, 2.45) is 0 Å². The molecule has 10 heteroatoms. The molecular formula is C25H25Cl2N5O3. The van der Waals surface area contributed by atoms with Crippen molar-refractivity contribution in [1.82, 2.24) is 9.88 Å². The summed E-state index contributed by atoms with van der Waals surface area (Å²) in [6, 6.07) is 15.3. The van der Waals surface area contributed by atoms with Crippen LogP contribution in [0.3, 0.4) is 0 Å². The average Bonchev–Trinajstić information content (AvgIpc) is 3.11. The fraction of sp³-hybridized carbons (Fsp3) is 0.240. The average molecular weight is 514 g/mol. The maximum absolute atomic E-state index is 13.0. The number of aromatic nitrogens is 1. The van der Waals surface area contributed by atoms with Gasteiger partial charge in [0.1, 0.15) is 11.6 Å². The van der Waals surface area contributed by atoms with Gasteiger partial charge in [0.2, 0.25) is 0 Å². The molecule has 1 aliphatic rings. The van der Waals surface area contributed by atoms with Gasteiger partial charge in [-0.05, 0) is 61.0 Å². The Bertz CT molecular complexity index is 1190. The number of hydrogen-bond acceptors (Lipinski definition) is 5. The number of rotatable bonds is 5. The molecule has 8 nitrogen and oxygen atoms in total. The third-order valence-electron chi connectivity index (χ3n) is 5.62. The second kappa shape index (κ2) is 11.3. The molecule has 0 spiro atoms. The van der Waals surface area contributed by atoms with Crippen LogP contribution in [0.15, 0.2) is 60.8 Å². The van der Waals surface area contributed by atoms with E-state index in [2.05, 4.69) is 20.5 Å². The highest BCUT2D eigenvalue weighted by molar-refractivity contribution is 6.36. The van der Waals surface area contributed by atoms with Crippen molar-refractivity contribution in [3.63, 3.8) is 0 Å². The second-order valence-electron chi connectivity index (χ2n) is 7.97. The monoisotopic (exact) mass is 513 g/mol. The smallest absolute Gasteiger partial charge is 0.323 e. The first-order valence-electron chi connectivity index (χ1n) is 11.1. The Labute approximate surface area is 213 Å². The van der Waals surface area contributed by atoms with Crippen molar-refractivity contribution < 1.29 is 14.3 Å². The molecule has 3 aromatic rings. The first-order chi connectivity index (χ1) is 16.9. The molecule has 3 amide bonds.